The predicted molar refractivity (Wildman–Crippen MR) is 159 cm³/mol. The maximum atomic E-state index is 12.9. The molecule has 0 bridgehead atoms. The molecule has 0 radical (unpaired) electrons. The van der Waals surface area contributed by atoms with Crippen LogP contribution in [0.15, 0.2) is 24.3 Å². The molecule has 2 aliphatic rings. The monoisotopic (exact) mass is 662 g/mol. The number of ether oxygens (including phenoxy) is 5. The zero-order valence-electron chi connectivity index (χ0n) is 26.1. The number of alkyl carbamates (subject to hydrolysis) is 1. The van der Waals surface area contributed by atoms with E-state index in [1.807, 2.05) is 4.72 Å². The number of esters is 1. The Kier molecular flexibility index (Phi) is 12.1. The molecule has 0 saturated carbocycles. The van der Waals surface area contributed by atoms with Crippen LogP contribution in [0, 0.1) is 5.92 Å². The Morgan fingerprint density at radius 1 is 1.07 bits per heavy atom. The molecule has 2 N–H and O–H groups in total. The van der Waals surface area contributed by atoms with E-state index in [0.717, 1.165) is 5.56 Å². The Hall–Kier alpha value is -2.49. The number of hydrogen-bond acceptors (Lipinski definition) is 11. The number of benzene rings is 1. The second-order valence-electron chi connectivity index (χ2n) is 12.3. The van der Waals surface area contributed by atoms with Crippen molar-refractivity contribution in [3.8, 4) is 0 Å². The number of hydrogen-bond donors (Lipinski definition) is 2. The number of carbonyl (C=O) groups is 3. The highest BCUT2D eigenvalue weighted by molar-refractivity contribution is 7.85. The summed E-state index contributed by atoms with van der Waals surface area (Å²) in [5, 5.41) is 3.00. The third kappa shape index (κ3) is 10.8. The van der Waals surface area contributed by atoms with E-state index >= 15 is 0 Å². The first-order valence-corrected chi connectivity index (χ1v) is 16.3. The maximum Gasteiger partial charge on any atom is 0.408 e. The van der Waals surface area contributed by atoms with E-state index in [-0.39, 0.29) is 19.4 Å². The molecule has 1 aromatic rings. The maximum absolute atomic E-state index is 12.9. The quantitative estimate of drug-likeness (QED) is 0.297. The van der Waals surface area contributed by atoms with Crippen molar-refractivity contribution < 1.29 is 50.7 Å². The van der Waals surface area contributed by atoms with Crippen LogP contribution < -0.4 is 10.0 Å². The Labute approximate surface area is 263 Å². The Balaban J connectivity index is 1.56. The van der Waals surface area contributed by atoms with Crippen molar-refractivity contribution in [2.24, 2.45) is 5.92 Å². The van der Waals surface area contributed by atoms with Gasteiger partial charge in [0, 0.05) is 11.4 Å². The third-order valence-corrected chi connectivity index (χ3v) is 8.10. The summed E-state index contributed by atoms with van der Waals surface area (Å²) in [7, 11) is -4.61. The lowest BCUT2D eigenvalue weighted by molar-refractivity contribution is -0.191. The lowest BCUT2D eigenvalue weighted by atomic mass is 9.99. The summed E-state index contributed by atoms with van der Waals surface area (Å²) in [5.41, 5.74) is -0.0562. The SMILES string of the molecule is CCC(C)C(NC(=O)OC(C)(C)C)C(=O)NS(=O)(=O)OCC1OC(CCOC(=O)Cc2ccc(Cl)cc2)C2OC(C)(C)OC12. The van der Waals surface area contributed by atoms with Crippen LogP contribution in [0.1, 0.15) is 66.9 Å². The molecule has 6 unspecified atom stereocenters. The number of carbonyl (C=O) groups excluding carboxylic acids is 3. The molecular formula is C29H43ClN2O11S. The molecule has 0 aliphatic carbocycles. The Bertz CT molecular complexity index is 1270. The van der Waals surface area contributed by atoms with Gasteiger partial charge in [0.25, 0.3) is 5.91 Å². The van der Waals surface area contributed by atoms with E-state index < -0.39 is 82.6 Å². The normalized spacial score (nSPS) is 24.2. The van der Waals surface area contributed by atoms with Crippen LogP contribution in [0.25, 0.3) is 0 Å². The van der Waals surface area contributed by atoms with Gasteiger partial charge in [-0.15, -0.1) is 0 Å². The van der Waals surface area contributed by atoms with Crippen LogP contribution >= 0.6 is 11.6 Å². The van der Waals surface area contributed by atoms with Crippen LogP contribution in [0.4, 0.5) is 4.79 Å². The summed E-state index contributed by atoms with van der Waals surface area (Å²) in [4.78, 5) is 37.5. The standard InChI is InChI=1S/C29H43ClN2O11S/c1-8-17(2)23(31-27(35)43-28(3,4)5)26(34)32-44(36,37)39-16-21-25-24(41-29(6,7)42-25)20(40-21)13-14-38-22(33)15-18-9-11-19(30)12-10-18/h9-12,17,20-21,23-25H,8,13-16H2,1-7H3,(H,31,35)(H,32,34). The lowest BCUT2D eigenvalue weighted by Crippen LogP contribution is -2.52. The molecule has 13 nitrogen and oxygen atoms in total. The topological polar surface area (TPSA) is 165 Å². The van der Waals surface area contributed by atoms with Gasteiger partial charge in [0.2, 0.25) is 0 Å². The molecule has 0 spiro atoms. The zero-order chi connectivity index (χ0) is 32.9. The lowest BCUT2D eigenvalue weighted by Gasteiger charge is -2.26. The number of amides is 2. The van der Waals surface area contributed by atoms with E-state index in [0.29, 0.717) is 11.4 Å². The van der Waals surface area contributed by atoms with Gasteiger partial charge >= 0.3 is 22.4 Å². The minimum Gasteiger partial charge on any atom is -0.465 e. The first-order chi connectivity index (χ1) is 20.4. The zero-order valence-corrected chi connectivity index (χ0v) is 27.7. The van der Waals surface area contributed by atoms with Gasteiger partial charge < -0.3 is 29.0 Å². The molecule has 2 heterocycles. The average Bonchev–Trinajstić information content (AvgIpc) is 3.38. The summed E-state index contributed by atoms with van der Waals surface area (Å²) in [6, 6.07) is 5.66. The molecule has 2 aliphatic heterocycles. The van der Waals surface area contributed by atoms with E-state index in [2.05, 4.69) is 5.32 Å². The fourth-order valence-electron chi connectivity index (χ4n) is 4.76. The smallest absolute Gasteiger partial charge is 0.408 e. The van der Waals surface area contributed by atoms with Crippen molar-refractivity contribution in [1.29, 1.82) is 0 Å². The van der Waals surface area contributed by atoms with Gasteiger partial charge in [0.1, 0.15) is 30.0 Å². The molecular weight excluding hydrogens is 620 g/mol. The van der Waals surface area contributed by atoms with Gasteiger partial charge in [0.15, 0.2) is 5.79 Å². The minimum absolute atomic E-state index is 0.0354. The van der Waals surface area contributed by atoms with Crippen molar-refractivity contribution in [2.45, 2.75) is 110 Å². The fraction of sp³-hybridized carbons (Fsp3) is 0.690. The van der Waals surface area contributed by atoms with Crippen molar-refractivity contribution in [3.63, 3.8) is 0 Å². The second-order valence-corrected chi connectivity index (χ2v) is 14.1. The van der Waals surface area contributed by atoms with Crippen LogP contribution in [-0.4, -0.2) is 81.4 Å². The van der Waals surface area contributed by atoms with Gasteiger partial charge in [-0.2, -0.15) is 8.42 Å². The van der Waals surface area contributed by atoms with Crippen LogP contribution in [0.3, 0.4) is 0 Å². The highest BCUT2D eigenvalue weighted by Gasteiger charge is 2.55. The summed E-state index contributed by atoms with van der Waals surface area (Å²) >= 11 is 5.88. The fourth-order valence-corrected chi connectivity index (χ4v) is 5.63. The molecule has 0 aromatic heterocycles. The molecule has 248 valence electrons. The van der Waals surface area contributed by atoms with Crippen molar-refractivity contribution in [3.05, 3.63) is 34.9 Å². The molecule has 44 heavy (non-hydrogen) atoms. The summed E-state index contributed by atoms with van der Waals surface area (Å²) < 4.78 is 61.0. The molecule has 3 rings (SSSR count). The van der Waals surface area contributed by atoms with Crippen molar-refractivity contribution in [2.75, 3.05) is 13.2 Å². The largest absolute Gasteiger partial charge is 0.465 e. The Morgan fingerprint density at radius 3 is 2.27 bits per heavy atom. The highest BCUT2D eigenvalue weighted by atomic mass is 35.5. The van der Waals surface area contributed by atoms with E-state index in [4.69, 9.17) is 39.5 Å². The van der Waals surface area contributed by atoms with E-state index in [1.54, 1.807) is 72.7 Å². The minimum atomic E-state index is -4.61. The summed E-state index contributed by atoms with van der Waals surface area (Å²) in [6.45, 7) is 11.5. The van der Waals surface area contributed by atoms with Gasteiger partial charge in [-0.25, -0.2) is 9.52 Å². The van der Waals surface area contributed by atoms with Gasteiger partial charge in [-0.1, -0.05) is 44.0 Å². The van der Waals surface area contributed by atoms with Crippen molar-refractivity contribution in [1.82, 2.24) is 10.0 Å². The van der Waals surface area contributed by atoms with Crippen LogP contribution in [0.2, 0.25) is 5.02 Å². The number of nitrogens with one attached hydrogen (secondary N) is 2. The molecule has 15 heteroatoms. The van der Waals surface area contributed by atoms with Gasteiger partial charge in [-0.05, 0) is 58.2 Å². The first kappa shape index (κ1) is 36.0. The number of halogens is 1. The Morgan fingerprint density at radius 2 is 1.68 bits per heavy atom. The average molecular weight is 663 g/mol. The number of rotatable bonds is 13. The highest BCUT2D eigenvalue weighted by Crippen LogP contribution is 2.40. The van der Waals surface area contributed by atoms with Crippen LogP contribution in [0.5, 0.6) is 0 Å². The van der Waals surface area contributed by atoms with E-state index in [1.165, 1.54) is 0 Å². The second kappa shape index (κ2) is 14.7. The van der Waals surface area contributed by atoms with Crippen molar-refractivity contribution >= 4 is 39.9 Å². The summed E-state index contributed by atoms with van der Waals surface area (Å²) in [5.74, 6) is -2.78. The van der Waals surface area contributed by atoms with E-state index in [9.17, 15) is 22.8 Å². The summed E-state index contributed by atoms with van der Waals surface area (Å²) in [6.07, 6.45) is -2.74. The first-order valence-electron chi connectivity index (χ1n) is 14.5. The van der Waals surface area contributed by atoms with Gasteiger partial charge in [0.05, 0.1) is 25.7 Å². The molecule has 2 amide bonds. The van der Waals surface area contributed by atoms with Crippen LogP contribution in [-0.2, 0) is 54.2 Å². The van der Waals surface area contributed by atoms with Gasteiger partial charge in [-0.3, -0.25) is 13.8 Å². The third-order valence-electron chi connectivity index (χ3n) is 6.95. The molecule has 6 atom stereocenters. The molecule has 1 aromatic carbocycles. The molecule has 2 fully saturated rings. The predicted octanol–water partition coefficient (Wildman–Crippen LogP) is 3.42. The molecule has 2 saturated heterocycles. The number of fused-ring (bicyclic) bond motifs is 1.